The highest BCUT2D eigenvalue weighted by molar-refractivity contribution is 8.16. The van der Waals surface area contributed by atoms with Crippen LogP contribution in [0.5, 0.6) is 11.5 Å². The summed E-state index contributed by atoms with van der Waals surface area (Å²) >= 11 is 1.35. The van der Waals surface area contributed by atoms with Gasteiger partial charge < -0.3 is 14.4 Å². The van der Waals surface area contributed by atoms with E-state index < -0.39 is 15.7 Å². The number of thioether (sulfide) groups is 1. The zero-order chi connectivity index (χ0) is 19.3. The fraction of sp³-hybridized carbons (Fsp3) is 0.263. The standard InChI is InChI=1S/C19H16N2O5S2/c22-18(12-6-7-15-16(8-12)26-11-25-15)20-19-21(13-4-2-1-3-5-13)14-9-28(23,24)10-17(14)27-19/h1-8,14,17H,9-11H2/t14-,17+/m0/s1. The predicted octanol–water partition coefficient (Wildman–Crippen LogP) is 2.33. The van der Waals surface area contributed by atoms with Crippen LogP contribution >= 0.6 is 11.8 Å². The van der Waals surface area contributed by atoms with Crippen LogP contribution in [0.4, 0.5) is 5.69 Å². The SMILES string of the molecule is O=C(N=C1S[C@@H]2CS(=O)(=O)C[C@@H]2N1c1ccccc1)c1ccc2c(c1)OCO2. The Bertz CT molecular complexity index is 1080. The van der Waals surface area contributed by atoms with E-state index in [2.05, 4.69) is 4.99 Å². The van der Waals surface area contributed by atoms with E-state index in [0.29, 0.717) is 22.2 Å². The van der Waals surface area contributed by atoms with Crippen LogP contribution in [0.3, 0.4) is 0 Å². The van der Waals surface area contributed by atoms with Crippen LogP contribution in [-0.2, 0) is 9.84 Å². The van der Waals surface area contributed by atoms with Gasteiger partial charge in [-0.15, -0.1) is 0 Å². The van der Waals surface area contributed by atoms with Gasteiger partial charge in [0.15, 0.2) is 26.5 Å². The van der Waals surface area contributed by atoms with Crippen molar-refractivity contribution in [2.45, 2.75) is 11.3 Å². The second-order valence-electron chi connectivity index (χ2n) is 6.77. The summed E-state index contributed by atoms with van der Waals surface area (Å²) in [5, 5.41) is 0.396. The first-order valence-electron chi connectivity index (χ1n) is 8.74. The van der Waals surface area contributed by atoms with Gasteiger partial charge in [-0.3, -0.25) is 4.79 Å². The lowest BCUT2D eigenvalue weighted by molar-refractivity contribution is 0.100. The Morgan fingerprint density at radius 1 is 1.07 bits per heavy atom. The van der Waals surface area contributed by atoms with E-state index in [0.717, 1.165) is 5.69 Å². The van der Waals surface area contributed by atoms with Crippen molar-refractivity contribution < 1.29 is 22.7 Å². The Labute approximate surface area is 166 Å². The van der Waals surface area contributed by atoms with Gasteiger partial charge in [0.05, 0.1) is 17.5 Å². The molecule has 0 N–H and O–H groups in total. The zero-order valence-electron chi connectivity index (χ0n) is 14.6. The first-order valence-corrected chi connectivity index (χ1v) is 11.4. The molecule has 2 fully saturated rings. The number of para-hydroxylation sites is 1. The molecule has 0 bridgehead atoms. The maximum absolute atomic E-state index is 12.8. The van der Waals surface area contributed by atoms with E-state index in [-0.39, 0.29) is 29.6 Å². The lowest BCUT2D eigenvalue weighted by Gasteiger charge is -2.24. The van der Waals surface area contributed by atoms with E-state index in [1.54, 1.807) is 18.2 Å². The molecule has 0 aliphatic carbocycles. The monoisotopic (exact) mass is 416 g/mol. The predicted molar refractivity (Wildman–Crippen MR) is 107 cm³/mol. The average molecular weight is 416 g/mol. The Balaban J connectivity index is 1.50. The fourth-order valence-corrected chi connectivity index (χ4v) is 7.55. The number of anilines is 1. The molecule has 7 nitrogen and oxygen atoms in total. The van der Waals surface area contributed by atoms with Crippen LogP contribution in [0.1, 0.15) is 10.4 Å². The van der Waals surface area contributed by atoms with Crippen molar-refractivity contribution in [3.8, 4) is 11.5 Å². The molecule has 9 heteroatoms. The quantitative estimate of drug-likeness (QED) is 0.743. The number of sulfone groups is 1. The van der Waals surface area contributed by atoms with E-state index in [1.165, 1.54) is 11.8 Å². The molecule has 5 rings (SSSR count). The van der Waals surface area contributed by atoms with Gasteiger partial charge >= 0.3 is 0 Å². The molecule has 144 valence electrons. The number of fused-ring (bicyclic) bond motifs is 2. The molecular weight excluding hydrogens is 400 g/mol. The summed E-state index contributed by atoms with van der Waals surface area (Å²) in [6.07, 6.45) is 0. The zero-order valence-corrected chi connectivity index (χ0v) is 16.3. The van der Waals surface area contributed by atoms with Gasteiger partial charge in [-0.25, -0.2) is 8.42 Å². The average Bonchev–Trinajstić information content (AvgIpc) is 3.33. The maximum Gasteiger partial charge on any atom is 0.279 e. The number of carbonyl (C=O) groups excluding carboxylic acids is 1. The Morgan fingerprint density at radius 2 is 1.86 bits per heavy atom. The molecule has 2 aromatic rings. The van der Waals surface area contributed by atoms with Gasteiger partial charge in [-0.1, -0.05) is 30.0 Å². The molecule has 1 amide bonds. The smallest absolute Gasteiger partial charge is 0.279 e. The minimum atomic E-state index is -3.09. The topological polar surface area (TPSA) is 85.3 Å². The third-order valence-electron chi connectivity index (χ3n) is 4.92. The number of amides is 1. The molecule has 3 aliphatic heterocycles. The second kappa shape index (κ2) is 6.52. The third kappa shape index (κ3) is 3.04. The summed E-state index contributed by atoms with van der Waals surface area (Å²) in [5.41, 5.74) is 1.23. The summed E-state index contributed by atoms with van der Waals surface area (Å²) in [7, 11) is -3.09. The van der Waals surface area contributed by atoms with Crippen LogP contribution in [0.25, 0.3) is 0 Å². The van der Waals surface area contributed by atoms with E-state index >= 15 is 0 Å². The summed E-state index contributed by atoms with van der Waals surface area (Å²) in [6.45, 7) is 0.136. The molecule has 3 heterocycles. The molecule has 0 saturated carbocycles. The second-order valence-corrected chi connectivity index (χ2v) is 10.1. The van der Waals surface area contributed by atoms with Crippen LogP contribution in [0.2, 0.25) is 0 Å². The van der Waals surface area contributed by atoms with Crippen LogP contribution in [0, 0.1) is 0 Å². The summed E-state index contributed by atoms with van der Waals surface area (Å²) in [5.74, 6) is 0.891. The largest absolute Gasteiger partial charge is 0.454 e. The van der Waals surface area contributed by atoms with Gasteiger partial charge in [0.2, 0.25) is 6.79 Å². The number of nitrogens with zero attached hydrogens (tertiary/aromatic N) is 2. The molecular formula is C19H16N2O5S2. The summed E-state index contributed by atoms with van der Waals surface area (Å²) < 4.78 is 34.8. The number of hydrogen-bond donors (Lipinski definition) is 0. The van der Waals surface area contributed by atoms with Crippen LogP contribution in [-0.4, -0.2) is 49.1 Å². The van der Waals surface area contributed by atoms with Gasteiger partial charge in [-0.2, -0.15) is 4.99 Å². The molecule has 2 atom stereocenters. The minimum Gasteiger partial charge on any atom is -0.454 e. The van der Waals surface area contributed by atoms with E-state index in [9.17, 15) is 13.2 Å². The van der Waals surface area contributed by atoms with Crippen molar-refractivity contribution in [1.29, 1.82) is 0 Å². The van der Waals surface area contributed by atoms with E-state index in [1.807, 2.05) is 35.2 Å². The number of benzene rings is 2. The molecule has 3 aliphatic rings. The molecule has 2 saturated heterocycles. The maximum atomic E-state index is 12.8. The highest BCUT2D eigenvalue weighted by atomic mass is 32.2. The van der Waals surface area contributed by atoms with Crippen LogP contribution < -0.4 is 14.4 Å². The summed E-state index contributed by atoms with van der Waals surface area (Å²) in [4.78, 5) is 19.0. The highest BCUT2D eigenvalue weighted by Crippen LogP contribution is 2.41. The number of ether oxygens (including phenoxy) is 2. The third-order valence-corrected chi connectivity index (χ3v) is 8.13. The van der Waals surface area contributed by atoms with Crippen molar-refractivity contribution in [3.63, 3.8) is 0 Å². The lowest BCUT2D eigenvalue weighted by Crippen LogP contribution is -2.37. The molecule has 0 unspecified atom stereocenters. The molecule has 0 spiro atoms. The first kappa shape index (κ1) is 17.6. The number of hydrogen-bond acceptors (Lipinski definition) is 6. The Morgan fingerprint density at radius 3 is 2.68 bits per heavy atom. The number of rotatable bonds is 2. The van der Waals surface area contributed by atoms with Crippen LogP contribution in [0.15, 0.2) is 53.5 Å². The van der Waals surface area contributed by atoms with Crippen molar-refractivity contribution in [3.05, 3.63) is 54.1 Å². The number of carbonyl (C=O) groups is 1. The van der Waals surface area contributed by atoms with Gasteiger partial charge in [0, 0.05) is 16.5 Å². The lowest BCUT2D eigenvalue weighted by atomic mass is 10.2. The first-order chi connectivity index (χ1) is 13.5. The van der Waals surface area contributed by atoms with Crippen molar-refractivity contribution >= 4 is 38.4 Å². The van der Waals surface area contributed by atoms with Crippen molar-refractivity contribution in [1.82, 2.24) is 0 Å². The number of aliphatic imine (C=N–C) groups is 1. The number of amidine groups is 1. The molecule has 28 heavy (non-hydrogen) atoms. The van der Waals surface area contributed by atoms with Crippen molar-refractivity contribution in [2.75, 3.05) is 23.2 Å². The normalized spacial score (nSPS) is 25.9. The van der Waals surface area contributed by atoms with E-state index in [4.69, 9.17) is 9.47 Å². The van der Waals surface area contributed by atoms with Gasteiger partial charge in [0.25, 0.3) is 5.91 Å². The molecule has 0 aromatic heterocycles. The van der Waals surface area contributed by atoms with Gasteiger partial charge in [0.1, 0.15) is 0 Å². The van der Waals surface area contributed by atoms with Crippen molar-refractivity contribution in [2.24, 2.45) is 4.99 Å². The highest BCUT2D eigenvalue weighted by Gasteiger charge is 2.49. The molecule has 0 radical (unpaired) electrons. The fourth-order valence-electron chi connectivity index (χ4n) is 3.64. The summed E-state index contributed by atoms with van der Waals surface area (Å²) in [6, 6.07) is 14.2. The van der Waals surface area contributed by atoms with Gasteiger partial charge in [-0.05, 0) is 30.3 Å². The minimum absolute atomic E-state index is 0.0663. The molecule has 2 aromatic carbocycles. The Hall–Kier alpha value is -2.52. The Kier molecular flexibility index (Phi) is 4.09.